The van der Waals surface area contributed by atoms with Crippen LogP contribution in [0.25, 0.3) is 0 Å². The first-order valence-corrected chi connectivity index (χ1v) is 6.73. The van der Waals surface area contributed by atoms with Gasteiger partial charge in [-0.05, 0) is 32.1 Å². The highest BCUT2D eigenvalue weighted by Crippen LogP contribution is 2.14. The Bertz CT molecular complexity index is 157. The minimum absolute atomic E-state index is 0.0637. The van der Waals surface area contributed by atoms with Gasteiger partial charge in [0.05, 0.1) is 0 Å². The summed E-state index contributed by atoms with van der Waals surface area (Å²) >= 11 is 0. The molecule has 4 heteroatoms. The van der Waals surface area contributed by atoms with Crippen molar-refractivity contribution in [1.29, 1.82) is 0 Å². The molecule has 4 nitrogen and oxygen atoms in total. The zero-order valence-electron chi connectivity index (χ0n) is 11.0. The van der Waals surface area contributed by atoms with Crippen molar-refractivity contribution in [1.82, 2.24) is 0 Å². The molecule has 1 aliphatic rings. The average molecular weight is 246 g/mol. The topological polar surface area (TPSA) is 36.9 Å². The van der Waals surface area contributed by atoms with E-state index in [1.807, 2.05) is 0 Å². The van der Waals surface area contributed by atoms with Crippen molar-refractivity contribution in [2.45, 2.75) is 51.2 Å². The summed E-state index contributed by atoms with van der Waals surface area (Å²) in [7, 11) is 1.64. The minimum atomic E-state index is 0.0637. The van der Waals surface area contributed by atoms with Crippen LogP contribution in [-0.4, -0.2) is 40.0 Å². The van der Waals surface area contributed by atoms with Crippen LogP contribution in [0.3, 0.4) is 0 Å². The summed E-state index contributed by atoms with van der Waals surface area (Å²) in [5.74, 6) is 0. The molecule has 1 unspecified atom stereocenters. The van der Waals surface area contributed by atoms with Crippen LogP contribution >= 0.6 is 0 Å². The monoisotopic (exact) mass is 246 g/mol. The summed E-state index contributed by atoms with van der Waals surface area (Å²) in [6.45, 7) is 2.88. The summed E-state index contributed by atoms with van der Waals surface area (Å²) in [6, 6.07) is 0. The first kappa shape index (κ1) is 14.9. The molecule has 1 heterocycles. The lowest BCUT2D eigenvalue weighted by atomic mass is 10.2. The number of rotatable bonds is 10. The van der Waals surface area contributed by atoms with Gasteiger partial charge in [0.1, 0.15) is 6.79 Å². The Morgan fingerprint density at radius 1 is 1.06 bits per heavy atom. The van der Waals surface area contributed by atoms with Crippen molar-refractivity contribution in [2.75, 3.05) is 33.7 Å². The zero-order chi connectivity index (χ0) is 12.2. The molecule has 1 fully saturated rings. The highest BCUT2D eigenvalue weighted by Gasteiger charge is 2.13. The van der Waals surface area contributed by atoms with Crippen molar-refractivity contribution in [2.24, 2.45) is 0 Å². The third-order valence-corrected chi connectivity index (χ3v) is 2.83. The summed E-state index contributed by atoms with van der Waals surface area (Å²) in [6.07, 6.45) is 8.15. The number of hydrogen-bond acceptors (Lipinski definition) is 4. The van der Waals surface area contributed by atoms with Crippen LogP contribution in [-0.2, 0) is 18.9 Å². The molecule has 0 bridgehead atoms. The zero-order valence-corrected chi connectivity index (χ0v) is 11.0. The summed E-state index contributed by atoms with van der Waals surface area (Å²) in [5, 5.41) is 0. The SMILES string of the molecule is COCOCCCCCCOC1CCCCO1. The van der Waals surface area contributed by atoms with E-state index in [9.17, 15) is 0 Å². The molecule has 0 N–H and O–H groups in total. The van der Waals surface area contributed by atoms with E-state index in [1.54, 1.807) is 7.11 Å². The second kappa shape index (κ2) is 11.0. The fourth-order valence-electron chi connectivity index (χ4n) is 1.86. The maximum Gasteiger partial charge on any atom is 0.157 e. The first-order valence-electron chi connectivity index (χ1n) is 6.73. The van der Waals surface area contributed by atoms with Gasteiger partial charge in [-0.3, -0.25) is 0 Å². The molecule has 0 amide bonds. The molecule has 1 saturated heterocycles. The lowest BCUT2D eigenvalue weighted by Crippen LogP contribution is -2.22. The number of unbranched alkanes of at least 4 members (excludes halogenated alkanes) is 3. The molecular formula is C13H26O4. The number of hydrogen-bond donors (Lipinski definition) is 0. The van der Waals surface area contributed by atoms with Crippen molar-refractivity contribution in [3.05, 3.63) is 0 Å². The van der Waals surface area contributed by atoms with Gasteiger partial charge in [-0.15, -0.1) is 0 Å². The summed E-state index contributed by atoms with van der Waals surface area (Å²) in [4.78, 5) is 0. The molecule has 0 spiro atoms. The van der Waals surface area contributed by atoms with E-state index in [1.165, 1.54) is 25.7 Å². The van der Waals surface area contributed by atoms with Crippen LogP contribution in [0.15, 0.2) is 0 Å². The predicted octanol–water partition coefficient (Wildman–Crippen LogP) is 2.71. The first-order chi connectivity index (χ1) is 8.43. The fraction of sp³-hybridized carbons (Fsp3) is 1.00. The minimum Gasteiger partial charge on any atom is -0.359 e. The summed E-state index contributed by atoms with van der Waals surface area (Å²) in [5.41, 5.74) is 0. The normalized spacial score (nSPS) is 20.6. The molecular weight excluding hydrogens is 220 g/mol. The Morgan fingerprint density at radius 2 is 1.88 bits per heavy atom. The van der Waals surface area contributed by atoms with Gasteiger partial charge < -0.3 is 18.9 Å². The van der Waals surface area contributed by atoms with Crippen LogP contribution in [0.2, 0.25) is 0 Å². The molecule has 0 aromatic heterocycles. The van der Waals surface area contributed by atoms with Crippen LogP contribution in [0.4, 0.5) is 0 Å². The van der Waals surface area contributed by atoms with Crippen LogP contribution in [0.1, 0.15) is 44.9 Å². The maximum atomic E-state index is 5.65. The van der Waals surface area contributed by atoms with Crippen molar-refractivity contribution >= 4 is 0 Å². The average Bonchev–Trinajstić information content (AvgIpc) is 2.38. The lowest BCUT2D eigenvalue weighted by molar-refractivity contribution is -0.162. The molecule has 0 aromatic rings. The second-order valence-electron chi connectivity index (χ2n) is 4.40. The maximum absolute atomic E-state index is 5.65. The third-order valence-electron chi connectivity index (χ3n) is 2.83. The van der Waals surface area contributed by atoms with Gasteiger partial charge in [0.2, 0.25) is 0 Å². The van der Waals surface area contributed by atoms with Gasteiger partial charge in [0, 0.05) is 26.9 Å². The third kappa shape index (κ3) is 8.55. The van der Waals surface area contributed by atoms with Gasteiger partial charge in [-0.25, -0.2) is 0 Å². The number of ether oxygens (including phenoxy) is 4. The van der Waals surface area contributed by atoms with Gasteiger partial charge in [0.25, 0.3) is 0 Å². The Hall–Kier alpha value is -0.160. The standard InChI is InChI=1S/C13H26O4/c1-14-12-15-9-5-2-3-6-10-16-13-8-4-7-11-17-13/h13H,2-12H2,1H3. The Labute approximate surface area is 105 Å². The fourth-order valence-corrected chi connectivity index (χ4v) is 1.86. The quantitative estimate of drug-likeness (QED) is 0.439. The van der Waals surface area contributed by atoms with E-state index in [0.29, 0.717) is 6.79 Å². The number of methoxy groups -OCH3 is 1. The van der Waals surface area contributed by atoms with Gasteiger partial charge in [-0.2, -0.15) is 0 Å². The molecule has 102 valence electrons. The van der Waals surface area contributed by atoms with Crippen molar-refractivity contribution in [3.63, 3.8) is 0 Å². The van der Waals surface area contributed by atoms with Gasteiger partial charge >= 0.3 is 0 Å². The Balaban J connectivity index is 1.75. The molecule has 0 aliphatic carbocycles. The van der Waals surface area contributed by atoms with Gasteiger partial charge in [-0.1, -0.05) is 12.8 Å². The van der Waals surface area contributed by atoms with Crippen LogP contribution in [0.5, 0.6) is 0 Å². The predicted molar refractivity (Wildman–Crippen MR) is 65.8 cm³/mol. The van der Waals surface area contributed by atoms with Crippen LogP contribution < -0.4 is 0 Å². The Morgan fingerprint density at radius 3 is 2.59 bits per heavy atom. The molecule has 1 atom stereocenters. The van der Waals surface area contributed by atoms with E-state index in [2.05, 4.69) is 0 Å². The molecule has 0 radical (unpaired) electrons. The molecule has 0 aromatic carbocycles. The van der Waals surface area contributed by atoms with Crippen LogP contribution in [0, 0.1) is 0 Å². The largest absolute Gasteiger partial charge is 0.359 e. The van der Waals surface area contributed by atoms with E-state index in [-0.39, 0.29) is 6.29 Å². The second-order valence-corrected chi connectivity index (χ2v) is 4.40. The highest BCUT2D eigenvalue weighted by molar-refractivity contribution is 4.54. The Kier molecular flexibility index (Phi) is 9.61. The molecule has 1 rings (SSSR count). The van der Waals surface area contributed by atoms with Crippen molar-refractivity contribution < 1.29 is 18.9 Å². The molecule has 1 aliphatic heterocycles. The van der Waals surface area contributed by atoms with E-state index in [4.69, 9.17) is 18.9 Å². The van der Waals surface area contributed by atoms with E-state index in [0.717, 1.165) is 39.1 Å². The van der Waals surface area contributed by atoms with E-state index < -0.39 is 0 Å². The van der Waals surface area contributed by atoms with Crippen molar-refractivity contribution in [3.8, 4) is 0 Å². The lowest BCUT2D eigenvalue weighted by Gasteiger charge is -2.22. The highest BCUT2D eigenvalue weighted by atomic mass is 16.7. The van der Waals surface area contributed by atoms with Gasteiger partial charge in [0.15, 0.2) is 6.29 Å². The molecule has 17 heavy (non-hydrogen) atoms. The van der Waals surface area contributed by atoms with E-state index >= 15 is 0 Å². The molecule has 0 saturated carbocycles. The smallest absolute Gasteiger partial charge is 0.157 e. The summed E-state index contributed by atoms with van der Waals surface area (Å²) < 4.78 is 21.2.